The van der Waals surface area contributed by atoms with Crippen molar-refractivity contribution in [3.8, 4) is 11.5 Å². The minimum absolute atomic E-state index is 0.257. The van der Waals surface area contributed by atoms with E-state index in [1.165, 1.54) is 0 Å². The lowest BCUT2D eigenvalue weighted by molar-refractivity contribution is -0.118. The van der Waals surface area contributed by atoms with Gasteiger partial charge in [-0.25, -0.2) is 4.79 Å². The lowest BCUT2D eigenvalue weighted by Gasteiger charge is -2.31. The third-order valence-corrected chi connectivity index (χ3v) is 5.94. The fraction of sp³-hybridized carbons (Fsp3) is 0.259. The fourth-order valence-electron chi connectivity index (χ4n) is 4.11. The SMILES string of the molecule is COc1cc2c(cc1OC)CN(C(=O)NC(Cc1ccccc1)C(=O)Nc1ccccc1)CC2. The monoisotopic (exact) mass is 459 g/mol. The molecule has 176 valence electrons. The quantitative estimate of drug-likeness (QED) is 0.559. The smallest absolute Gasteiger partial charge is 0.318 e. The molecule has 2 N–H and O–H groups in total. The molecule has 1 unspecified atom stereocenters. The van der Waals surface area contributed by atoms with Crippen LogP contribution >= 0.6 is 0 Å². The molecule has 1 aliphatic rings. The van der Waals surface area contributed by atoms with E-state index in [0.717, 1.165) is 16.7 Å². The number of carbonyl (C=O) groups excluding carboxylic acids is 2. The van der Waals surface area contributed by atoms with E-state index < -0.39 is 6.04 Å². The summed E-state index contributed by atoms with van der Waals surface area (Å²) in [6.07, 6.45) is 1.09. The number of rotatable bonds is 7. The van der Waals surface area contributed by atoms with Crippen molar-refractivity contribution >= 4 is 17.6 Å². The number of methoxy groups -OCH3 is 2. The Balaban J connectivity index is 1.49. The lowest BCUT2D eigenvalue weighted by atomic mass is 9.99. The molecule has 0 fully saturated rings. The molecular weight excluding hydrogens is 430 g/mol. The Bertz CT molecular complexity index is 1140. The molecule has 1 aliphatic heterocycles. The molecule has 0 saturated carbocycles. The molecule has 3 amide bonds. The summed E-state index contributed by atoms with van der Waals surface area (Å²) in [6, 6.07) is 21.8. The maximum absolute atomic E-state index is 13.2. The molecule has 0 bridgehead atoms. The van der Waals surface area contributed by atoms with Gasteiger partial charge in [0.15, 0.2) is 11.5 Å². The van der Waals surface area contributed by atoms with Gasteiger partial charge >= 0.3 is 6.03 Å². The number of fused-ring (bicyclic) bond motifs is 1. The van der Waals surface area contributed by atoms with Crippen molar-refractivity contribution in [1.29, 1.82) is 0 Å². The van der Waals surface area contributed by atoms with Gasteiger partial charge in [-0.1, -0.05) is 48.5 Å². The maximum Gasteiger partial charge on any atom is 0.318 e. The number of ether oxygens (including phenoxy) is 2. The molecule has 7 heteroatoms. The van der Waals surface area contributed by atoms with Crippen LogP contribution < -0.4 is 20.1 Å². The first-order chi connectivity index (χ1) is 16.6. The Morgan fingerprint density at radius 2 is 1.53 bits per heavy atom. The lowest BCUT2D eigenvalue weighted by Crippen LogP contribution is -2.51. The molecule has 34 heavy (non-hydrogen) atoms. The highest BCUT2D eigenvalue weighted by Crippen LogP contribution is 2.33. The van der Waals surface area contributed by atoms with Crippen molar-refractivity contribution in [1.82, 2.24) is 10.2 Å². The number of carbonyl (C=O) groups is 2. The zero-order valence-electron chi connectivity index (χ0n) is 19.4. The van der Waals surface area contributed by atoms with E-state index in [2.05, 4.69) is 10.6 Å². The predicted octanol–water partition coefficient (Wildman–Crippen LogP) is 4.02. The summed E-state index contributed by atoms with van der Waals surface area (Å²) >= 11 is 0. The van der Waals surface area contributed by atoms with Gasteiger partial charge < -0.3 is 25.0 Å². The van der Waals surface area contributed by atoms with Gasteiger partial charge in [0.1, 0.15) is 6.04 Å². The van der Waals surface area contributed by atoms with Crippen molar-refractivity contribution in [2.24, 2.45) is 0 Å². The number of nitrogens with one attached hydrogen (secondary N) is 2. The van der Waals surface area contributed by atoms with E-state index in [1.54, 1.807) is 19.1 Å². The van der Waals surface area contributed by atoms with Gasteiger partial charge in [0.25, 0.3) is 0 Å². The molecule has 0 radical (unpaired) electrons. The van der Waals surface area contributed by atoms with Crippen molar-refractivity contribution in [3.05, 3.63) is 89.5 Å². The van der Waals surface area contributed by atoms with Gasteiger partial charge in [0.2, 0.25) is 5.91 Å². The number of hydrogen-bond donors (Lipinski definition) is 2. The average Bonchev–Trinajstić information content (AvgIpc) is 2.88. The zero-order valence-corrected chi connectivity index (χ0v) is 19.4. The van der Waals surface area contributed by atoms with Gasteiger partial charge in [-0.2, -0.15) is 0 Å². The van der Waals surface area contributed by atoms with Gasteiger partial charge in [-0.3, -0.25) is 4.79 Å². The highest BCUT2D eigenvalue weighted by atomic mass is 16.5. The maximum atomic E-state index is 13.2. The molecule has 0 aromatic heterocycles. The Morgan fingerprint density at radius 1 is 0.912 bits per heavy atom. The van der Waals surface area contributed by atoms with Crippen molar-refractivity contribution < 1.29 is 19.1 Å². The summed E-state index contributed by atoms with van der Waals surface area (Å²) in [4.78, 5) is 28.1. The molecule has 0 saturated heterocycles. The minimum atomic E-state index is -0.720. The van der Waals surface area contributed by atoms with Crippen LogP contribution in [0.5, 0.6) is 11.5 Å². The van der Waals surface area contributed by atoms with Crippen LogP contribution in [0.4, 0.5) is 10.5 Å². The van der Waals surface area contributed by atoms with Crippen molar-refractivity contribution in [3.63, 3.8) is 0 Å². The van der Waals surface area contributed by atoms with E-state index in [9.17, 15) is 9.59 Å². The Kier molecular flexibility index (Phi) is 7.32. The van der Waals surface area contributed by atoms with Crippen molar-refractivity contribution in [2.45, 2.75) is 25.4 Å². The number of urea groups is 1. The standard InChI is InChI=1S/C27H29N3O4/c1-33-24-16-20-13-14-30(18-21(20)17-25(24)34-2)27(32)29-23(15-19-9-5-3-6-10-19)26(31)28-22-11-7-4-8-12-22/h3-12,16-17,23H,13-15,18H2,1-2H3,(H,28,31)(H,29,32). The van der Waals surface area contributed by atoms with Crippen LogP contribution in [0, 0.1) is 0 Å². The van der Waals surface area contributed by atoms with E-state index >= 15 is 0 Å². The van der Waals surface area contributed by atoms with Crippen LogP contribution in [-0.4, -0.2) is 43.6 Å². The van der Waals surface area contributed by atoms with E-state index in [-0.39, 0.29) is 11.9 Å². The van der Waals surface area contributed by atoms with Gasteiger partial charge in [0, 0.05) is 25.2 Å². The van der Waals surface area contributed by atoms with Crippen LogP contribution in [0.25, 0.3) is 0 Å². The molecule has 1 heterocycles. The van der Waals surface area contributed by atoms with Gasteiger partial charge in [0.05, 0.1) is 14.2 Å². The van der Waals surface area contributed by atoms with Crippen LogP contribution in [0.15, 0.2) is 72.8 Å². The highest BCUT2D eigenvalue weighted by Gasteiger charge is 2.27. The Morgan fingerprint density at radius 3 is 2.18 bits per heavy atom. The normalized spacial score (nSPS) is 13.4. The van der Waals surface area contributed by atoms with Crippen LogP contribution in [0.3, 0.4) is 0 Å². The molecule has 7 nitrogen and oxygen atoms in total. The Labute approximate surface area is 199 Å². The number of nitrogens with zero attached hydrogens (tertiary/aromatic N) is 1. The number of amides is 3. The molecule has 3 aromatic rings. The van der Waals surface area contributed by atoms with Crippen LogP contribution in [-0.2, 0) is 24.2 Å². The first-order valence-electron chi connectivity index (χ1n) is 11.3. The third kappa shape index (κ3) is 5.49. The second kappa shape index (κ2) is 10.7. The minimum Gasteiger partial charge on any atom is -0.493 e. The summed E-state index contributed by atoms with van der Waals surface area (Å²) < 4.78 is 10.8. The summed E-state index contributed by atoms with van der Waals surface area (Å²) in [5, 5.41) is 5.87. The summed E-state index contributed by atoms with van der Waals surface area (Å²) in [6.45, 7) is 0.979. The fourth-order valence-corrected chi connectivity index (χ4v) is 4.11. The van der Waals surface area contributed by atoms with E-state index in [0.29, 0.717) is 43.1 Å². The first-order valence-corrected chi connectivity index (χ1v) is 11.3. The third-order valence-electron chi connectivity index (χ3n) is 5.94. The summed E-state index contributed by atoms with van der Waals surface area (Å²) in [5.41, 5.74) is 3.79. The largest absolute Gasteiger partial charge is 0.493 e. The van der Waals surface area contributed by atoms with Crippen LogP contribution in [0.2, 0.25) is 0 Å². The molecular formula is C27H29N3O4. The van der Waals surface area contributed by atoms with Gasteiger partial charge in [-0.05, 0) is 47.4 Å². The molecule has 1 atom stereocenters. The van der Waals surface area contributed by atoms with Crippen LogP contribution in [0.1, 0.15) is 16.7 Å². The zero-order chi connectivity index (χ0) is 23.9. The molecule has 0 aliphatic carbocycles. The second-order valence-corrected chi connectivity index (χ2v) is 8.19. The van der Waals surface area contributed by atoms with Crippen molar-refractivity contribution in [2.75, 3.05) is 26.1 Å². The number of hydrogen-bond acceptors (Lipinski definition) is 4. The van der Waals surface area contributed by atoms with Gasteiger partial charge in [-0.15, -0.1) is 0 Å². The average molecular weight is 460 g/mol. The van der Waals surface area contributed by atoms with E-state index in [1.807, 2.05) is 72.8 Å². The number of para-hydroxylation sites is 1. The molecule has 4 rings (SSSR count). The Hall–Kier alpha value is -4.00. The first kappa shape index (κ1) is 23.2. The number of anilines is 1. The number of benzene rings is 3. The molecule has 0 spiro atoms. The highest BCUT2D eigenvalue weighted by molar-refractivity contribution is 5.97. The molecule has 3 aromatic carbocycles. The summed E-state index contributed by atoms with van der Waals surface area (Å²) in [7, 11) is 3.21. The topological polar surface area (TPSA) is 79.9 Å². The second-order valence-electron chi connectivity index (χ2n) is 8.19. The predicted molar refractivity (Wildman–Crippen MR) is 131 cm³/mol. The van der Waals surface area contributed by atoms with E-state index in [4.69, 9.17) is 9.47 Å². The summed E-state index contributed by atoms with van der Waals surface area (Å²) in [5.74, 6) is 1.06.